The molecule has 1 saturated heterocycles. The number of hydrogen-bond donors (Lipinski definition) is 6. The summed E-state index contributed by atoms with van der Waals surface area (Å²) in [7, 11) is 0. The van der Waals surface area contributed by atoms with E-state index in [0.29, 0.717) is 60.5 Å². The summed E-state index contributed by atoms with van der Waals surface area (Å²) in [5, 5.41) is 22.4. The first-order valence-corrected chi connectivity index (χ1v) is 16.6. The Hall–Kier alpha value is -3.02. The van der Waals surface area contributed by atoms with Crippen LogP contribution in [0.25, 0.3) is 10.9 Å². The second-order valence-corrected chi connectivity index (χ2v) is 13.4. The fraction of sp³-hybridized carbons (Fsp3) is 0.625. The van der Waals surface area contributed by atoms with E-state index >= 15 is 0 Å². The van der Waals surface area contributed by atoms with Crippen LogP contribution < -0.4 is 21.3 Å². The van der Waals surface area contributed by atoms with Gasteiger partial charge in [0.25, 0.3) is 0 Å². The van der Waals surface area contributed by atoms with Crippen LogP contribution in [0, 0.1) is 17.8 Å². The maximum Gasteiger partial charge on any atom is 0.405 e. The minimum absolute atomic E-state index is 0.0911. The number of ether oxygens (including phenoxy) is 1. The van der Waals surface area contributed by atoms with Crippen molar-refractivity contribution in [2.45, 2.75) is 90.3 Å². The molecule has 2 aliphatic rings. The summed E-state index contributed by atoms with van der Waals surface area (Å²) in [6.07, 6.45) is 2.26. The highest BCUT2D eigenvalue weighted by Gasteiger charge is 2.47. The lowest BCUT2D eigenvalue weighted by atomic mass is 9.78. The maximum absolute atomic E-state index is 14.5. The highest BCUT2D eigenvalue weighted by molar-refractivity contribution is 6.38. The Morgan fingerprint density at radius 3 is 2.29 bits per heavy atom. The molecule has 0 saturated carbocycles. The number of aryl methyl sites for hydroxylation is 1. The molecule has 4 rings (SSSR count). The van der Waals surface area contributed by atoms with Crippen LogP contribution in [-0.4, -0.2) is 71.3 Å². The van der Waals surface area contributed by atoms with Gasteiger partial charge in [0.2, 0.25) is 17.7 Å². The number of aromatic amines is 1. The molecule has 0 radical (unpaired) electrons. The molecule has 2 aromatic rings. The molecule has 4 amide bonds. The second kappa shape index (κ2) is 15.0. The van der Waals surface area contributed by atoms with E-state index in [1.165, 1.54) is 0 Å². The van der Waals surface area contributed by atoms with Crippen molar-refractivity contribution >= 4 is 57.9 Å². The van der Waals surface area contributed by atoms with Gasteiger partial charge in [0.05, 0.1) is 10.5 Å². The number of carbonyl (C=O) groups is 4. The van der Waals surface area contributed by atoms with Crippen LogP contribution in [0.4, 0.5) is 4.79 Å². The minimum atomic E-state index is -1.48. The Balaban J connectivity index is 1.68. The lowest BCUT2D eigenvalue weighted by Gasteiger charge is -2.39. The average molecular weight is 667 g/mol. The van der Waals surface area contributed by atoms with Crippen LogP contribution in [0.5, 0.6) is 0 Å². The first-order chi connectivity index (χ1) is 21.4. The van der Waals surface area contributed by atoms with Crippen molar-refractivity contribution < 1.29 is 29.0 Å². The topological polar surface area (TPSA) is 162 Å². The van der Waals surface area contributed by atoms with E-state index in [-0.39, 0.29) is 30.6 Å². The van der Waals surface area contributed by atoms with Crippen LogP contribution >= 0.6 is 23.2 Å². The third-order valence-electron chi connectivity index (χ3n) is 9.56. The molecule has 45 heavy (non-hydrogen) atoms. The molecule has 1 aliphatic heterocycles. The van der Waals surface area contributed by atoms with Crippen molar-refractivity contribution in [3.8, 4) is 0 Å². The number of carbonyl (C=O) groups excluding carboxylic acids is 3. The molecule has 1 aliphatic carbocycles. The summed E-state index contributed by atoms with van der Waals surface area (Å²) in [6.45, 7) is 9.31. The zero-order chi connectivity index (χ0) is 32.9. The Morgan fingerprint density at radius 1 is 1.02 bits per heavy atom. The number of fused-ring (bicyclic) bond motifs is 3. The number of rotatable bonds is 12. The lowest BCUT2D eigenvalue weighted by Crippen LogP contribution is -2.67. The molecular weight excluding hydrogens is 621 g/mol. The standard InChI is InChI=1S/C32H45Cl2N5O6/c1-5-17(3)25(28(40)35-16-19-8-11-45-12-9-19)37-30(42)32(39-29(41)26(18(4)6-2)38-31(43)44)10-7-24-22(15-32)21-13-20(33)14-23(34)27(21)36-24/h13-14,17-19,25-26,36,38H,5-12,15-16H2,1-4H3,(H,35,40)(H,37,42)(H,39,41)(H,43,44)/t17?,18?,25-,26-,32-/m0/s1. The molecule has 11 nitrogen and oxygen atoms in total. The van der Waals surface area contributed by atoms with Gasteiger partial charge in [0, 0.05) is 42.3 Å². The summed E-state index contributed by atoms with van der Waals surface area (Å²) in [6, 6.07) is 1.48. The fourth-order valence-corrected chi connectivity index (χ4v) is 6.80. The number of carboxylic acid groups (broad SMARTS) is 1. The summed E-state index contributed by atoms with van der Waals surface area (Å²) in [5.74, 6) is -1.62. The summed E-state index contributed by atoms with van der Waals surface area (Å²) >= 11 is 12.9. The Morgan fingerprint density at radius 2 is 1.67 bits per heavy atom. The largest absolute Gasteiger partial charge is 0.465 e. The van der Waals surface area contributed by atoms with E-state index in [0.717, 1.165) is 29.5 Å². The van der Waals surface area contributed by atoms with E-state index in [1.54, 1.807) is 19.1 Å². The van der Waals surface area contributed by atoms with E-state index in [2.05, 4.69) is 26.3 Å². The number of amides is 4. The Bertz CT molecular complexity index is 1410. The molecule has 1 aromatic heterocycles. The quantitative estimate of drug-likeness (QED) is 0.195. The fourth-order valence-electron chi connectivity index (χ4n) is 6.26. The van der Waals surface area contributed by atoms with Crippen molar-refractivity contribution in [3.63, 3.8) is 0 Å². The molecule has 0 bridgehead atoms. The highest BCUT2D eigenvalue weighted by atomic mass is 35.5. The number of nitrogens with one attached hydrogen (secondary N) is 5. The van der Waals surface area contributed by atoms with Gasteiger partial charge < -0.3 is 36.1 Å². The van der Waals surface area contributed by atoms with Crippen molar-refractivity contribution in [1.82, 2.24) is 26.3 Å². The maximum atomic E-state index is 14.5. The monoisotopic (exact) mass is 665 g/mol. The van der Waals surface area contributed by atoms with Gasteiger partial charge in [-0.25, -0.2) is 4.79 Å². The highest BCUT2D eigenvalue weighted by Crippen LogP contribution is 2.38. The van der Waals surface area contributed by atoms with Gasteiger partial charge in [0.1, 0.15) is 17.6 Å². The summed E-state index contributed by atoms with van der Waals surface area (Å²) in [4.78, 5) is 56.8. The van der Waals surface area contributed by atoms with Gasteiger partial charge >= 0.3 is 6.09 Å². The number of hydrogen-bond acceptors (Lipinski definition) is 5. The number of aromatic nitrogens is 1. The van der Waals surface area contributed by atoms with Gasteiger partial charge in [0.15, 0.2) is 0 Å². The first-order valence-electron chi connectivity index (χ1n) is 15.8. The zero-order valence-corrected chi connectivity index (χ0v) is 27.9. The molecule has 2 heterocycles. The molecule has 248 valence electrons. The molecule has 13 heteroatoms. The predicted molar refractivity (Wildman–Crippen MR) is 174 cm³/mol. The molecular formula is C32H45Cl2N5O6. The summed E-state index contributed by atoms with van der Waals surface area (Å²) < 4.78 is 5.43. The van der Waals surface area contributed by atoms with Crippen LogP contribution in [0.3, 0.4) is 0 Å². The van der Waals surface area contributed by atoms with Crippen molar-refractivity contribution in [2.24, 2.45) is 17.8 Å². The molecule has 0 spiro atoms. The van der Waals surface area contributed by atoms with Crippen LogP contribution in [0.15, 0.2) is 12.1 Å². The number of benzene rings is 1. The van der Waals surface area contributed by atoms with E-state index in [4.69, 9.17) is 27.9 Å². The lowest BCUT2D eigenvalue weighted by molar-refractivity contribution is -0.138. The zero-order valence-electron chi connectivity index (χ0n) is 26.4. The minimum Gasteiger partial charge on any atom is -0.465 e. The van der Waals surface area contributed by atoms with Gasteiger partial charge in [-0.1, -0.05) is 63.7 Å². The van der Waals surface area contributed by atoms with Crippen LogP contribution in [0.1, 0.15) is 71.1 Å². The van der Waals surface area contributed by atoms with Gasteiger partial charge in [-0.3, -0.25) is 14.4 Å². The SMILES string of the molecule is CCC(C)[C@H](NC(=O)O)C(=O)N[C@@]1(C(=O)N[C@H](C(=O)NCC2CCOCC2)C(C)CC)CCc2[nH]c3c(Cl)cc(Cl)cc3c2C1. The smallest absolute Gasteiger partial charge is 0.405 e. The molecule has 1 fully saturated rings. The second-order valence-electron chi connectivity index (χ2n) is 12.6. The van der Waals surface area contributed by atoms with Crippen molar-refractivity contribution in [1.29, 1.82) is 0 Å². The molecule has 5 atom stereocenters. The molecule has 1 aromatic carbocycles. The van der Waals surface area contributed by atoms with Crippen molar-refractivity contribution in [2.75, 3.05) is 19.8 Å². The summed E-state index contributed by atoms with van der Waals surface area (Å²) in [5.41, 5.74) is 0.865. The normalized spacial score (nSPS) is 21.2. The number of H-pyrrole nitrogens is 1. The Labute approximate surface area is 273 Å². The van der Waals surface area contributed by atoms with Gasteiger partial charge in [-0.15, -0.1) is 0 Å². The molecule has 2 unspecified atom stereocenters. The predicted octanol–water partition coefficient (Wildman–Crippen LogP) is 4.57. The average Bonchev–Trinajstić information content (AvgIpc) is 3.38. The van der Waals surface area contributed by atoms with Crippen LogP contribution in [0.2, 0.25) is 10.0 Å². The first kappa shape index (κ1) is 34.8. The number of halogens is 2. The van der Waals surface area contributed by atoms with E-state index < -0.39 is 35.5 Å². The van der Waals surface area contributed by atoms with Gasteiger partial charge in [-0.2, -0.15) is 0 Å². The van der Waals surface area contributed by atoms with Crippen LogP contribution in [-0.2, 0) is 32.0 Å². The third-order valence-corrected chi connectivity index (χ3v) is 10.1. The Kier molecular flexibility index (Phi) is 11.7. The van der Waals surface area contributed by atoms with Gasteiger partial charge in [-0.05, 0) is 61.1 Å². The molecule has 6 N–H and O–H groups in total. The van der Waals surface area contributed by atoms with E-state index in [1.807, 2.05) is 20.8 Å². The third kappa shape index (κ3) is 8.04. The van der Waals surface area contributed by atoms with Crippen molar-refractivity contribution in [3.05, 3.63) is 33.4 Å². The van der Waals surface area contributed by atoms with E-state index in [9.17, 15) is 24.3 Å².